The number of aryl methyl sites for hydroxylation is 1. The van der Waals surface area contributed by atoms with E-state index in [0.29, 0.717) is 22.9 Å². The van der Waals surface area contributed by atoms with Crippen molar-refractivity contribution in [3.8, 4) is 6.07 Å². The molecular formula is C24H26N4OS. The number of nitrogens with zero attached hydrogens (tertiary/aromatic N) is 3. The minimum atomic E-state index is 0.0786. The Morgan fingerprint density at radius 1 is 1.37 bits per heavy atom. The van der Waals surface area contributed by atoms with Crippen LogP contribution in [0.4, 0.5) is 0 Å². The van der Waals surface area contributed by atoms with E-state index < -0.39 is 0 Å². The number of hydrogen-bond acceptors (Lipinski definition) is 4. The predicted molar refractivity (Wildman–Crippen MR) is 119 cm³/mol. The molecule has 0 saturated heterocycles. The van der Waals surface area contributed by atoms with Gasteiger partial charge in [0, 0.05) is 6.04 Å². The summed E-state index contributed by atoms with van der Waals surface area (Å²) in [5.41, 5.74) is 3.96. The molecular weight excluding hydrogens is 392 g/mol. The average molecular weight is 419 g/mol. The first kappa shape index (κ1) is 19.4. The number of benzene rings is 1. The second kappa shape index (κ2) is 7.63. The van der Waals surface area contributed by atoms with E-state index in [2.05, 4.69) is 23.3 Å². The van der Waals surface area contributed by atoms with Gasteiger partial charge < -0.3 is 5.32 Å². The van der Waals surface area contributed by atoms with Crippen molar-refractivity contribution in [2.75, 3.05) is 5.75 Å². The molecule has 2 aliphatic rings. The molecule has 1 N–H and O–H groups in total. The SMILES string of the molecule is Cc1cc(SCC(=O)N[C@H](C)[C@@H]2C[C@H]3CC[C@H]2C3)n2c(nc3ccccc32)c1C#N. The summed E-state index contributed by atoms with van der Waals surface area (Å²) in [5.74, 6) is 2.77. The van der Waals surface area contributed by atoms with Crippen LogP contribution in [0.15, 0.2) is 35.4 Å². The Labute approximate surface area is 180 Å². The lowest BCUT2D eigenvalue weighted by atomic mass is 9.84. The number of carbonyl (C=O) groups is 1. The largest absolute Gasteiger partial charge is 0.353 e. The van der Waals surface area contributed by atoms with Gasteiger partial charge in [-0.3, -0.25) is 9.20 Å². The lowest BCUT2D eigenvalue weighted by molar-refractivity contribution is -0.119. The number of amides is 1. The van der Waals surface area contributed by atoms with Crippen LogP contribution in [-0.4, -0.2) is 27.1 Å². The van der Waals surface area contributed by atoms with Crippen LogP contribution in [0.2, 0.25) is 0 Å². The Kier molecular flexibility index (Phi) is 4.94. The fraction of sp³-hybridized carbons (Fsp3) is 0.458. The number of nitrogens with one attached hydrogen (secondary N) is 1. The fourth-order valence-electron chi connectivity index (χ4n) is 5.61. The van der Waals surface area contributed by atoms with E-state index in [4.69, 9.17) is 0 Å². The van der Waals surface area contributed by atoms with Crippen LogP contribution in [0.25, 0.3) is 16.7 Å². The first-order valence-electron chi connectivity index (χ1n) is 10.8. The lowest BCUT2D eigenvalue weighted by Crippen LogP contribution is -2.40. The van der Waals surface area contributed by atoms with Crippen molar-refractivity contribution in [1.82, 2.24) is 14.7 Å². The molecule has 2 fully saturated rings. The third-order valence-corrected chi connectivity index (χ3v) is 8.03. The van der Waals surface area contributed by atoms with E-state index >= 15 is 0 Å². The smallest absolute Gasteiger partial charge is 0.230 e. The summed E-state index contributed by atoms with van der Waals surface area (Å²) in [7, 11) is 0. The van der Waals surface area contributed by atoms with Crippen LogP contribution >= 0.6 is 11.8 Å². The quantitative estimate of drug-likeness (QED) is 0.610. The number of nitriles is 1. The van der Waals surface area contributed by atoms with Crippen molar-refractivity contribution >= 4 is 34.3 Å². The van der Waals surface area contributed by atoms with Crippen molar-refractivity contribution < 1.29 is 4.79 Å². The summed E-state index contributed by atoms with van der Waals surface area (Å²) in [6, 6.07) is 12.4. The maximum absolute atomic E-state index is 12.7. The van der Waals surface area contributed by atoms with Crippen LogP contribution in [0.5, 0.6) is 0 Å². The van der Waals surface area contributed by atoms with Crippen molar-refractivity contribution in [3.05, 3.63) is 41.5 Å². The normalized spacial score (nSPS) is 23.7. The number of pyridine rings is 1. The molecule has 6 heteroatoms. The topological polar surface area (TPSA) is 70.2 Å². The van der Waals surface area contributed by atoms with Gasteiger partial charge in [-0.05, 0) is 74.6 Å². The Balaban J connectivity index is 1.36. The maximum Gasteiger partial charge on any atom is 0.230 e. The molecule has 2 saturated carbocycles. The van der Waals surface area contributed by atoms with Gasteiger partial charge in [-0.15, -0.1) is 0 Å². The molecule has 5 rings (SSSR count). The van der Waals surface area contributed by atoms with Crippen molar-refractivity contribution in [3.63, 3.8) is 0 Å². The maximum atomic E-state index is 12.7. The molecule has 3 aromatic rings. The molecule has 5 nitrogen and oxygen atoms in total. The molecule has 0 unspecified atom stereocenters. The lowest BCUT2D eigenvalue weighted by Gasteiger charge is -2.28. The second-order valence-electron chi connectivity index (χ2n) is 8.90. The Morgan fingerprint density at radius 3 is 2.93 bits per heavy atom. The predicted octanol–water partition coefficient (Wildman–Crippen LogP) is 4.70. The molecule has 2 aromatic heterocycles. The highest BCUT2D eigenvalue weighted by Crippen LogP contribution is 2.49. The summed E-state index contributed by atoms with van der Waals surface area (Å²) < 4.78 is 2.01. The highest BCUT2D eigenvalue weighted by Gasteiger charge is 2.42. The molecule has 0 radical (unpaired) electrons. The van der Waals surface area contributed by atoms with Gasteiger partial charge in [0.05, 0.1) is 27.4 Å². The zero-order valence-corrected chi connectivity index (χ0v) is 18.2. The first-order valence-corrected chi connectivity index (χ1v) is 11.8. The van der Waals surface area contributed by atoms with Gasteiger partial charge in [-0.25, -0.2) is 4.98 Å². The average Bonchev–Trinajstić information content (AvgIpc) is 3.46. The van der Waals surface area contributed by atoms with Gasteiger partial charge in [0.15, 0.2) is 5.65 Å². The van der Waals surface area contributed by atoms with Crippen molar-refractivity contribution in [2.24, 2.45) is 17.8 Å². The summed E-state index contributed by atoms with van der Waals surface area (Å²) in [6.07, 6.45) is 5.34. The number of thioether (sulfide) groups is 1. The number of carbonyl (C=O) groups excluding carboxylic acids is 1. The number of hydrogen-bond donors (Lipinski definition) is 1. The number of imidazole rings is 1. The van der Waals surface area contributed by atoms with Crippen LogP contribution in [0.1, 0.15) is 43.7 Å². The molecule has 1 amide bonds. The van der Waals surface area contributed by atoms with Gasteiger partial charge in [0.2, 0.25) is 5.91 Å². The minimum absolute atomic E-state index is 0.0786. The summed E-state index contributed by atoms with van der Waals surface area (Å²) in [5, 5.41) is 13.8. The molecule has 0 aliphatic heterocycles. The molecule has 2 heterocycles. The molecule has 1 aromatic carbocycles. The van der Waals surface area contributed by atoms with E-state index in [1.54, 1.807) is 0 Å². The van der Waals surface area contributed by atoms with Gasteiger partial charge in [0.1, 0.15) is 6.07 Å². The number of fused-ring (bicyclic) bond motifs is 5. The van der Waals surface area contributed by atoms with E-state index in [0.717, 1.165) is 33.5 Å². The van der Waals surface area contributed by atoms with E-state index in [-0.39, 0.29) is 11.9 Å². The van der Waals surface area contributed by atoms with Gasteiger partial charge in [-0.1, -0.05) is 30.3 Å². The zero-order valence-electron chi connectivity index (χ0n) is 17.4. The first-order chi connectivity index (χ1) is 14.5. The summed E-state index contributed by atoms with van der Waals surface area (Å²) in [6.45, 7) is 4.10. The third-order valence-electron chi connectivity index (χ3n) is 7.03. The number of para-hydroxylation sites is 2. The van der Waals surface area contributed by atoms with Crippen LogP contribution in [0, 0.1) is 36.0 Å². The Hall–Kier alpha value is -2.52. The van der Waals surface area contributed by atoms with Gasteiger partial charge in [-0.2, -0.15) is 5.26 Å². The van der Waals surface area contributed by atoms with Crippen LogP contribution < -0.4 is 5.32 Å². The highest BCUT2D eigenvalue weighted by molar-refractivity contribution is 7.99. The van der Waals surface area contributed by atoms with E-state index in [9.17, 15) is 10.1 Å². The summed E-state index contributed by atoms with van der Waals surface area (Å²) in [4.78, 5) is 17.4. The third kappa shape index (κ3) is 3.26. The number of aromatic nitrogens is 2. The standard InChI is InChI=1S/C24H26N4OS/c1-14-9-23(28-21-6-4-3-5-20(21)27-24(28)19(14)12-25)30-13-22(29)26-15(2)18-11-16-7-8-17(18)10-16/h3-6,9,15-18H,7-8,10-11,13H2,1-2H3,(H,26,29)/t15-,16+,17+,18+/m1/s1. The molecule has 4 atom stereocenters. The molecule has 2 aliphatic carbocycles. The van der Waals surface area contributed by atoms with E-state index in [1.165, 1.54) is 37.4 Å². The van der Waals surface area contributed by atoms with E-state index in [1.807, 2.05) is 41.7 Å². The molecule has 154 valence electrons. The highest BCUT2D eigenvalue weighted by atomic mass is 32.2. The second-order valence-corrected chi connectivity index (χ2v) is 9.89. The van der Waals surface area contributed by atoms with Gasteiger partial charge >= 0.3 is 0 Å². The van der Waals surface area contributed by atoms with Crippen LogP contribution in [-0.2, 0) is 4.79 Å². The number of rotatable bonds is 5. The monoisotopic (exact) mass is 418 g/mol. The fourth-order valence-corrected chi connectivity index (χ4v) is 6.54. The molecule has 0 spiro atoms. The van der Waals surface area contributed by atoms with Crippen molar-refractivity contribution in [1.29, 1.82) is 5.26 Å². The summed E-state index contributed by atoms with van der Waals surface area (Å²) >= 11 is 1.51. The van der Waals surface area contributed by atoms with Crippen molar-refractivity contribution in [2.45, 2.75) is 50.6 Å². The zero-order chi connectivity index (χ0) is 20.8. The van der Waals surface area contributed by atoms with Crippen LogP contribution in [0.3, 0.4) is 0 Å². The minimum Gasteiger partial charge on any atom is -0.353 e. The van der Waals surface area contributed by atoms with Gasteiger partial charge in [0.25, 0.3) is 0 Å². The Morgan fingerprint density at radius 2 is 2.20 bits per heavy atom. The Bertz CT molecular complexity index is 1180. The molecule has 30 heavy (non-hydrogen) atoms. The molecule has 2 bridgehead atoms.